The van der Waals surface area contributed by atoms with E-state index in [0.717, 1.165) is 24.5 Å². The van der Waals surface area contributed by atoms with Gasteiger partial charge >= 0.3 is 0 Å². The fourth-order valence-corrected chi connectivity index (χ4v) is 2.45. The molecule has 1 aromatic carbocycles. The van der Waals surface area contributed by atoms with Gasteiger partial charge in [-0.05, 0) is 45.8 Å². The predicted molar refractivity (Wildman–Crippen MR) is 75.0 cm³/mol. The van der Waals surface area contributed by atoms with E-state index >= 15 is 0 Å². The summed E-state index contributed by atoms with van der Waals surface area (Å²) in [4.78, 5) is 2.46. The maximum Gasteiger partial charge on any atom is 0.124 e. The smallest absolute Gasteiger partial charge is 0.124 e. The Morgan fingerprint density at radius 1 is 1.33 bits per heavy atom. The molecule has 1 aliphatic heterocycles. The molecule has 2 N–H and O–H groups in total. The molecule has 0 radical (unpaired) electrons. The Kier molecular flexibility index (Phi) is 4.61. The lowest BCUT2D eigenvalue weighted by molar-refractivity contribution is 0.236. The van der Waals surface area contributed by atoms with E-state index in [1.165, 1.54) is 31.5 Å². The average molecular weight is 248 g/mol. The Hall–Kier alpha value is -1.06. The molecule has 18 heavy (non-hydrogen) atoms. The van der Waals surface area contributed by atoms with Crippen molar-refractivity contribution in [1.82, 2.24) is 4.90 Å². The van der Waals surface area contributed by atoms with Crippen LogP contribution >= 0.6 is 0 Å². The topological polar surface area (TPSA) is 38.5 Å². The lowest BCUT2D eigenvalue weighted by Crippen LogP contribution is -2.25. The minimum absolute atomic E-state index is 0.0201. The van der Waals surface area contributed by atoms with Crippen molar-refractivity contribution in [3.8, 4) is 5.75 Å². The van der Waals surface area contributed by atoms with Crippen LogP contribution in [0.5, 0.6) is 5.75 Å². The summed E-state index contributed by atoms with van der Waals surface area (Å²) in [5.41, 5.74) is 8.33. The van der Waals surface area contributed by atoms with Crippen molar-refractivity contribution < 1.29 is 4.74 Å². The van der Waals surface area contributed by atoms with Crippen molar-refractivity contribution in [1.29, 1.82) is 0 Å². The molecule has 0 saturated carbocycles. The Balaban J connectivity index is 1.91. The predicted octanol–water partition coefficient (Wildman–Crippen LogP) is 2.49. The maximum atomic E-state index is 5.99. The van der Waals surface area contributed by atoms with E-state index in [9.17, 15) is 0 Å². The number of ether oxygens (including phenoxy) is 1. The van der Waals surface area contributed by atoms with Gasteiger partial charge in [0.1, 0.15) is 12.4 Å². The van der Waals surface area contributed by atoms with Gasteiger partial charge in [-0.25, -0.2) is 0 Å². The summed E-state index contributed by atoms with van der Waals surface area (Å²) in [6, 6.07) is 6.26. The molecule has 0 aromatic heterocycles. The van der Waals surface area contributed by atoms with Crippen LogP contribution in [0.15, 0.2) is 18.2 Å². The van der Waals surface area contributed by atoms with E-state index < -0.39 is 0 Å². The van der Waals surface area contributed by atoms with Gasteiger partial charge in [-0.15, -0.1) is 0 Å². The number of likely N-dealkylation sites (tertiary alicyclic amines) is 1. The zero-order valence-corrected chi connectivity index (χ0v) is 11.5. The van der Waals surface area contributed by atoms with Gasteiger partial charge in [-0.1, -0.05) is 17.7 Å². The highest BCUT2D eigenvalue weighted by atomic mass is 16.5. The van der Waals surface area contributed by atoms with E-state index in [0.29, 0.717) is 0 Å². The van der Waals surface area contributed by atoms with Gasteiger partial charge in [0.25, 0.3) is 0 Å². The number of hydrogen-bond acceptors (Lipinski definition) is 3. The minimum Gasteiger partial charge on any atom is -0.492 e. The van der Waals surface area contributed by atoms with Crippen molar-refractivity contribution in [2.45, 2.75) is 32.7 Å². The van der Waals surface area contributed by atoms with Crippen LogP contribution in [0.4, 0.5) is 0 Å². The van der Waals surface area contributed by atoms with E-state index in [-0.39, 0.29) is 6.04 Å². The Morgan fingerprint density at radius 2 is 2.06 bits per heavy atom. The van der Waals surface area contributed by atoms with Crippen LogP contribution in [0.2, 0.25) is 0 Å². The zero-order valence-electron chi connectivity index (χ0n) is 11.5. The minimum atomic E-state index is 0.0201. The second kappa shape index (κ2) is 6.21. The number of nitrogens with two attached hydrogens (primary N) is 1. The number of benzene rings is 1. The van der Waals surface area contributed by atoms with E-state index in [4.69, 9.17) is 10.5 Å². The summed E-state index contributed by atoms with van der Waals surface area (Å²) in [7, 11) is 0. The number of rotatable bonds is 5. The van der Waals surface area contributed by atoms with E-state index in [1.807, 2.05) is 13.0 Å². The van der Waals surface area contributed by atoms with Crippen LogP contribution in [0.1, 0.15) is 36.9 Å². The Labute approximate surface area is 110 Å². The highest BCUT2D eigenvalue weighted by Crippen LogP contribution is 2.25. The molecule has 1 aliphatic rings. The van der Waals surface area contributed by atoms with Crippen LogP contribution in [-0.2, 0) is 0 Å². The number of aryl methyl sites for hydroxylation is 1. The first-order valence-electron chi connectivity index (χ1n) is 6.88. The second-order valence-electron chi connectivity index (χ2n) is 5.23. The SMILES string of the molecule is Cc1ccc(OCCN2CCCC2)c([C@@H](C)N)c1. The largest absolute Gasteiger partial charge is 0.492 e. The van der Waals surface area contributed by atoms with Crippen LogP contribution in [0, 0.1) is 6.92 Å². The summed E-state index contributed by atoms with van der Waals surface area (Å²) in [6.45, 7) is 8.30. The van der Waals surface area contributed by atoms with Crippen LogP contribution in [-0.4, -0.2) is 31.1 Å². The molecule has 1 fully saturated rings. The monoisotopic (exact) mass is 248 g/mol. The molecule has 1 heterocycles. The molecule has 1 atom stereocenters. The summed E-state index contributed by atoms with van der Waals surface area (Å²) in [6.07, 6.45) is 2.66. The molecular formula is C15H24N2O. The third kappa shape index (κ3) is 3.47. The highest BCUT2D eigenvalue weighted by Gasteiger charge is 2.12. The fourth-order valence-electron chi connectivity index (χ4n) is 2.45. The molecule has 0 spiro atoms. The molecule has 3 heteroatoms. The Bertz CT molecular complexity index is 384. The van der Waals surface area contributed by atoms with Gasteiger partial charge in [0.05, 0.1) is 0 Å². The van der Waals surface area contributed by atoms with Crippen LogP contribution in [0.3, 0.4) is 0 Å². The Morgan fingerprint density at radius 3 is 2.72 bits per heavy atom. The maximum absolute atomic E-state index is 5.99. The van der Waals surface area contributed by atoms with Crippen molar-refractivity contribution >= 4 is 0 Å². The molecule has 1 aromatic rings. The quantitative estimate of drug-likeness (QED) is 0.870. The first-order valence-corrected chi connectivity index (χ1v) is 6.88. The van der Waals surface area contributed by atoms with Gasteiger partial charge in [0, 0.05) is 18.2 Å². The highest BCUT2D eigenvalue weighted by molar-refractivity contribution is 5.38. The normalized spacial score (nSPS) is 17.9. The number of hydrogen-bond donors (Lipinski definition) is 1. The lowest BCUT2D eigenvalue weighted by Gasteiger charge is -2.18. The lowest BCUT2D eigenvalue weighted by atomic mass is 10.1. The third-order valence-corrected chi connectivity index (χ3v) is 3.52. The first kappa shape index (κ1) is 13.4. The van der Waals surface area contributed by atoms with Crippen molar-refractivity contribution in [3.63, 3.8) is 0 Å². The molecule has 1 saturated heterocycles. The number of nitrogens with zero attached hydrogens (tertiary/aromatic N) is 1. The van der Waals surface area contributed by atoms with E-state index in [1.54, 1.807) is 0 Å². The van der Waals surface area contributed by atoms with Gasteiger partial charge in [0.2, 0.25) is 0 Å². The van der Waals surface area contributed by atoms with Gasteiger partial charge in [-0.3, -0.25) is 4.90 Å². The second-order valence-corrected chi connectivity index (χ2v) is 5.23. The summed E-state index contributed by atoms with van der Waals surface area (Å²) >= 11 is 0. The molecule has 2 rings (SSSR count). The molecule has 0 bridgehead atoms. The van der Waals surface area contributed by atoms with E-state index in [2.05, 4.69) is 24.0 Å². The van der Waals surface area contributed by atoms with Gasteiger partial charge in [-0.2, -0.15) is 0 Å². The van der Waals surface area contributed by atoms with Crippen molar-refractivity contribution in [3.05, 3.63) is 29.3 Å². The van der Waals surface area contributed by atoms with Crippen LogP contribution < -0.4 is 10.5 Å². The van der Waals surface area contributed by atoms with Gasteiger partial charge in [0.15, 0.2) is 0 Å². The van der Waals surface area contributed by atoms with Crippen molar-refractivity contribution in [2.24, 2.45) is 5.73 Å². The molecular weight excluding hydrogens is 224 g/mol. The molecule has 0 unspecified atom stereocenters. The van der Waals surface area contributed by atoms with Crippen LogP contribution in [0.25, 0.3) is 0 Å². The molecule has 0 aliphatic carbocycles. The molecule has 100 valence electrons. The molecule has 0 amide bonds. The van der Waals surface area contributed by atoms with Crippen molar-refractivity contribution in [2.75, 3.05) is 26.2 Å². The molecule has 3 nitrogen and oxygen atoms in total. The standard InChI is InChI=1S/C15H24N2O/c1-12-5-6-15(14(11-12)13(2)16)18-10-9-17-7-3-4-8-17/h5-6,11,13H,3-4,7-10,16H2,1-2H3/t13-/m1/s1. The first-order chi connectivity index (χ1) is 8.66. The zero-order chi connectivity index (χ0) is 13.0. The third-order valence-electron chi connectivity index (χ3n) is 3.52. The summed E-state index contributed by atoms with van der Waals surface area (Å²) < 4.78 is 5.89. The summed E-state index contributed by atoms with van der Waals surface area (Å²) in [5.74, 6) is 0.940. The average Bonchev–Trinajstić information content (AvgIpc) is 2.84. The fraction of sp³-hybridized carbons (Fsp3) is 0.600. The summed E-state index contributed by atoms with van der Waals surface area (Å²) in [5, 5.41) is 0. The van der Waals surface area contributed by atoms with Gasteiger partial charge < -0.3 is 10.5 Å².